The summed E-state index contributed by atoms with van der Waals surface area (Å²) in [4.78, 5) is 15.8. The van der Waals surface area contributed by atoms with E-state index >= 15 is 0 Å². The molecule has 4 nitrogen and oxygen atoms in total. The average Bonchev–Trinajstić information content (AvgIpc) is 2.34. The Morgan fingerprint density at radius 2 is 2.00 bits per heavy atom. The lowest BCUT2D eigenvalue weighted by Gasteiger charge is -2.07. The van der Waals surface area contributed by atoms with Crippen molar-refractivity contribution in [2.45, 2.75) is 0 Å². The highest BCUT2D eigenvalue weighted by atomic mass is 35.5. The van der Waals surface area contributed by atoms with Crippen LogP contribution in [0.3, 0.4) is 0 Å². The van der Waals surface area contributed by atoms with Crippen LogP contribution in [-0.2, 0) is 0 Å². The second-order valence-electron chi connectivity index (χ2n) is 3.55. The number of nitrogen functional groups attached to an aromatic ring is 1. The number of pyridine rings is 1. The summed E-state index contributed by atoms with van der Waals surface area (Å²) < 4.78 is 0. The van der Waals surface area contributed by atoms with Crippen LogP contribution < -0.4 is 11.1 Å². The lowest BCUT2D eigenvalue weighted by molar-refractivity contribution is 0.102. The van der Waals surface area contributed by atoms with Crippen molar-refractivity contribution in [2.75, 3.05) is 11.1 Å². The topological polar surface area (TPSA) is 68.0 Å². The number of nitrogens with two attached hydrogens (primary N) is 1. The van der Waals surface area contributed by atoms with Crippen LogP contribution in [0.5, 0.6) is 0 Å². The Morgan fingerprint density at radius 3 is 2.67 bits per heavy atom. The lowest BCUT2D eigenvalue weighted by Crippen LogP contribution is -2.14. The van der Waals surface area contributed by atoms with E-state index in [-0.39, 0.29) is 5.91 Å². The Hall–Kier alpha value is -1.78. The van der Waals surface area contributed by atoms with Gasteiger partial charge in [0.15, 0.2) is 0 Å². The molecular formula is C12H9Cl2N3O. The number of rotatable bonds is 2. The van der Waals surface area contributed by atoms with Crippen molar-refractivity contribution in [1.82, 2.24) is 4.98 Å². The van der Waals surface area contributed by atoms with Crippen LogP contribution in [-0.4, -0.2) is 10.9 Å². The molecular weight excluding hydrogens is 273 g/mol. The van der Waals surface area contributed by atoms with Gasteiger partial charge in [-0.1, -0.05) is 23.2 Å². The summed E-state index contributed by atoms with van der Waals surface area (Å²) in [7, 11) is 0. The van der Waals surface area contributed by atoms with Gasteiger partial charge in [0.05, 0.1) is 27.5 Å². The number of amides is 1. The Morgan fingerprint density at radius 1 is 1.22 bits per heavy atom. The third-order valence-electron chi connectivity index (χ3n) is 2.27. The zero-order valence-electron chi connectivity index (χ0n) is 9.15. The Balaban J connectivity index is 2.22. The third-order valence-corrected chi connectivity index (χ3v) is 3.01. The smallest absolute Gasteiger partial charge is 0.257 e. The summed E-state index contributed by atoms with van der Waals surface area (Å²) >= 11 is 11.6. The van der Waals surface area contributed by atoms with Gasteiger partial charge in [-0.05, 0) is 24.3 Å². The number of halogens is 2. The van der Waals surface area contributed by atoms with Crippen LogP contribution in [0.4, 0.5) is 11.4 Å². The maximum Gasteiger partial charge on any atom is 0.257 e. The van der Waals surface area contributed by atoms with Gasteiger partial charge in [-0.15, -0.1) is 0 Å². The Bertz CT molecular complexity index is 602. The first kappa shape index (κ1) is 12.7. The van der Waals surface area contributed by atoms with Gasteiger partial charge in [-0.25, -0.2) is 0 Å². The van der Waals surface area contributed by atoms with Gasteiger partial charge in [0.1, 0.15) is 0 Å². The van der Waals surface area contributed by atoms with E-state index in [4.69, 9.17) is 28.9 Å². The maximum absolute atomic E-state index is 11.9. The van der Waals surface area contributed by atoms with E-state index < -0.39 is 0 Å². The number of carbonyl (C=O) groups excluding carboxylic acids is 1. The number of carbonyl (C=O) groups is 1. The standard InChI is InChI=1S/C12H9Cl2N3O/c13-9-2-1-7(5-10(9)14)17-12(18)8-3-4-16-6-11(8)15/h1-6H,15H2,(H,17,18). The maximum atomic E-state index is 11.9. The highest BCUT2D eigenvalue weighted by Crippen LogP contribution is 2.25. The number of nitrogens with zero attached hydrogens (tertiary/aromatic N) is 1. The summed E-state index contributed by atoms with van der Waals surface area (Å²) in [6.07, 6.45) is 2.92. The molecule has 0 fully saturated rings. The molecule has 0 spiro atoms. The molecule has 1 aromatic carbocycles. The number of benzene rings is 1. The van der Waals surface area contributed by atoms with Gasteiger partial charge in [-0.3, -0.25) is 9.78 Å². The first-order chi connectivity index (χ1) is 8.58. The number of aromatic nitrogens is 1. The summed E-state index contributed by atoms with van der Waals surface area (Å²) in [5.74, 6) is -0.326. The molecule has 18 heavy (non-hydrogen) atoms. The highest BCUT2D eigenvalue weighted by molar-refractivity contribution is 6.42. The second-order valence-corrected chi connectivity index (χ2v) is 4.36. The SMILES string of the molecule is Nc1cnccc1C(=O)Nc1ccc(Cl)c(Cl)c1. The van der Waals surface area contributed by atoms with E-state index in [1.807, 2.05) is 0 Å². The molecule has 0 aliphatic heterocycles. The highest BCUT2D eigenvalue weighted by Gasteiger charge is 2.10. The van der Waals surface area contributed by atoms with Crippen molar-refractivity contribution >= 4 is 40.5 Å². The fraction of sp³-hybridized carbons (Fsp3) is 0. The molecule has 0 atom stereocenters. The zero-order valence-corrected chi connectivity index (χ0v) is 10.7. The molecule has 1 amide bonds. The lowest BCUT2D eigenvalue weighted by atomic mass is 10.2. The molecule has 6 heteroatoms. The summed E-state index contributed by atoms with van der Waals surface area (Å²) in [5, 5.41) is 3.48. The van der Waals surface area contributed by atoms with Gasteiger partial charge in [-0.2, -0.15) is 0 Å². The number of hydrogen-bond donors (Lipinski definition) is 2. The van der Waals surface area contributed by atoms with Crippen molar-refractivity contribution in [1.29, 1.82) is 0 Å². The van der Waals surface area contributed by atoms with Crippen LogP contribution in [0.2, 0.25) is 10.0 Å². The molecule has 0 aliphatic rings. The minimum atomic E-state index is -0.326. The van der Waals surface area contributed by atoms with Crippen molar-refractivity contribution in [3.63, 3.8) is 0 Å². The van der Waals surface area contributed by atoms with E-state index in [1.165, 1.54) is 12.4 Å². The Kier molecular flexibility index (Phi) is 3.69. The van der Waals surface area contributed by atoms with Gasteiger partial charge < -0.3 is 11.1 Å². The molecule has 1 heterocycles. The second kappa shape index (κ2) is 5.25. The van der Waals surface area contributed by atoms with Crippen LogP contribution in [0.15, 0.2) is 36.7 Å². The molecule has 0 saturated heterocycles. The molecule has 1 aromatic heterocycles. The largest absolute Gasteiger partial charge is 0.397 e. The molecule has 2 rings (SSSR count). The van der Waals surface area contributed by atoms with E-state index in [2.05, 4.69) is 10.3 Å². The first-order valence-corrected chi connectivity index (χ1v) is 5.79. The minimum Gasteiger partial charge on any atom is -0.397 e. The molecule has 2 aromatic rings. The summed E-state index contributed by atoms with van der Waals surface area (Å²) in [5.41, 5.74) is 6.88. The van der Waals surface area contributed by atoms with Gasteiger partial charge in [0.25, 0.3) is 5.91 Å². The number of anilines is 2. The van der Waals surface area contributed by atoms with Crippen LogP contribution >= 0.6 is 23.2 Å². The van der Waals surface area contributed by atoms with Crippen molar-refractivity contribution in [3.8, 4) is 0 Å². The molecule has 0 unspecified atom stereocenters. The molecule has 92 valence electrons. The number of nitrogens with one attached hydrogen (secondary N) is 1. The molecule has 0 bridgehead atoms. The average molecular weight is 282 g/mol. The van der Waals surface area contributed by atoms with Crippen molar-refractivity contribution < 1.29 is 4.79 Å². The van der Waals surface area contributed by atoms with Crippen molar-refractivity contribution in [2.24, 2.45) is 0 Å². The molecule has 0 aliphatic carbocycles. The first-order valence-electron chi connectivity index (χ1n) is 5.04. The van der Waals surface area contributed by atoms with Gasteiger partial charge in [0.2, 0.25) is 0 Å². The van der Waals surface area contributed by atoms with E-state index in [0.717, 1.165) is 0 Å². The monoisotopic (exact) mass is 281 g/mol. The molecule has 0 saturated carbocycles. The fourth-order valence-electron chi connectivity index (χ4n) is 1.39. The van der Waals surface area contributed by atoms with Gasteiger partial charge >= 0.3 is 0 Å². The summed E-state index contributed by atoms with van der Waals surface area (Å²) in [6, 6.07) is 6.38. The predicted octanol–water partition coefficient (Wildman–Crippen LogP) is 3.22. The van der Waals surface area contributed by atoms with Crippen LogP contribution in [0, 0.1) is 0 Å². The van der Waals surface area contributed by atoms with E-state index in [0.29, 0.717) is 27.0 Å². The van der Waals surface area contributed by atoms with Crippen LogP contribution in [0.25, 0.3) is 0 Å². The number of hydrogen-bond acceptors (Lipinski definition) is 3. The fourth-order valence-corrected chi connectivity index (χ4v) is 1.68. The third kappa shape index (κ3) is 2.72. The Labute approximate surface area is 114 Å². The predicted molar refractivity (Wildman–Crippen MR) is 73.1 cm³/mol. The van der Waals surface area contributed by atoms with Crippen LogP contribution in [0.1, 0.15) is 10.4 Å². The van der Waals surface area contributed by atoms with E-state index in [9.17, 15) is 4.79 Å². The molecule has 0 radical (unpaired) electrons. The normalized spacial score (nSPS) is 10.1. The van der Waals surface area contributed by atoms with E-state index in [1.54, 1.807) is 24.3 Å². The van der Waals surface area contributed by atoms with Gasteiger partial charge in [0, 0.05) is 11.9 Å². The summed E-state index contributed by atoms with van der Waals surface area (Å²) in [6.45, 7) is 0. The quantitative estimate of drug-likeness (QED) is 0.888. The molecule has 3 N–H and O–H groups in total. The zero-order chi connectivity index (χ0) is 13.1. The minimum absolute atomic E-state index is 0.315. The van der Waals surface area contributed by atoms with Crippen molar-refractivity contribution in [3.05, 3.63) is 52.3 Å².